The van der Waals surface area contributed by atoms with Crippen molar-refractivity contribution in [2.75, 3.05) is 37.7 Å². The van der Waals surface area contributed by atoms with Crippen molar-refractivity contribution in [2.45, 2.75) is 19.3 Å². The molecule has 1 amide bonds. The van der Waals surface area contributed by atoms with Crippen molar-refractivity contribution in [1.29, 1.82) is 0 Å². The summed E-state index contributed by atoms with van der Waals surface area (Å²) in [5.41, 5.74) is 0.976. The molecule has 0 saturated carbocycles. The molecule has 0 aromatic heterocycles. The van der Waals surface area contributed by atoms with Crippen molar-refractivity contribution in [3.8, 4) is 5.75 Å². The highest BCUT2D eigenvalue weighted by Crippen LogP contribution is 2.18. The van der Waals surface area contributed by atoms with Crippen molar-refractivity contribution in [3.05, 3.63) is 60.2 Å². The second-order valence-corrected chi connectivity index (χ2v) is 6.58. The maximum atomic E-state index is 13.5. The Bertz CT molecular complexity index is 752. The summed E-state index contributed by atoms with van der Waals surface area (Å²) in [4.78, 5) is 16.5. The number of hydrogen-bond acceptors (Lipinski definition) is 3. The summed E-state index contributed by atoms with van der Waals surface area (Å²) in [7, 11) is 0. The molecule has 144 valence electrons. The van der Waals surface area contributed by atoms with Crippen molar-refractivity contribution >= 4 is 11.6 Å². The molecule has 2 aromatic carbocycles. The van der Waals surface area contributed by atoms with Crippen LogP contribution >= 0.6 is 0 Å². The standard InChI is InChI=1S/C21H24F2N2O2/c22-17-8-10-18(11-9-17)24-12-4-13-25(15-14-24)21(26)7-3-16-27-20-6-2-1-5-19(20)23/h1-2,5-6,8-11H,3-4,7,12-16H2. The van der Waals surface area contributed by atoms with Crippen LogP contribution in [-0.2, 0) is 4.79 Å². The summed E-state index contributed by atoms with van der Waals surface area (Å²) in [5.74, 6) is -0.331. The second-order valence-electron chi connectivity index (χ2n) is 6.58. The number of nitrogens with zero attached hydrogens (tertiary/aromatic N) is 2. The Labute approximate surface area is 158 Å². The first-order chi connectivity index (χ1) is 13.1. The molecule has 1 fully saturated rings. The lowest BCUT2D eigenvalue weighted by Crippen LogP contribution is -2.35. The van der Waals surface area contributed by atoms with E-state index >= 15 is 0 Å². The fraction of sp³-hybridized carbons (Fsp3) is 0.381. The van der Waals surface area contributed by atoms with E-state index < -0.39 is 5.82 Å². The highest BCUT2D eigenvalue weighted by molar-refractivity contribution is 5.76. The van der Waals surface area contributed by atoms with Gasteiger partial charge in [-0.1, -0.05) is 12.1 Å². The molecule has 0 N–H and O–H groups in total. The normalized spacial score (nSPS) is 14.7. The number of halogens is 2. The van der Waals surface area contributed by atoms with Crippen LogP contribution in [0, 0.1) is 11.6 Å². The zero-order chi connectivity index (χ0) is 19.1. The molecule has 0 aliphatic carbocycles. The van der Waals surface area contributed by atoms with Gasteiger partial charge in [0.2, 0.25) is 5.91 Å². The predicted octanol–water partition coefficient (Wildman–Crippen LogP) is 3.86. The van der Waals surface area contributed by atoms with Crippen molar-refractivity contribution < 1.29 is 18.3 Å². The Morgan fingerprint density at radius 3 is 2.52 bits per heavy atom. The van der Waals surface area contributed by atoms with Gasteiger partial charge in [-0.05, 0) is 49.2 Å². The Hall–Kier alpha value is -2.63. The number of amides is 1. The molecule has 6 heteroatoms. The quantitative estimate of drug-likeness (QED) is 0.720. The third-order valence-corrected chi connectivity index (χ3v) is 4.67. The van der Waals surface area contributed by atoms with Gasteiger partial charge in [0.25, 0.3) is 0 Å². The molecular weight excluding hydrogens is 350 g/mol. The second kappa shape index (κ2) is 9.35. The first-order valence-corrected chi connectivity index (χ1v) is 9.29. The number of anilines is 1. The van der Waals surface area contributed by atoms with Crippen LogP contribution in [0.15, 0.2) is 48.5 Å². The lowest BCUT2D eigenvalue weighted by atomic mass is 10.2. The summed E-state index contributed by atoms with van der Waals surface area (Å²) in [6.07, 6.45) is 1.80. The predicted molar refractivity (Wildman–Crippen MR) is 101 cm³/mol. The Kier molecular flexibility index (Phi) is 6.63. The van der Waals surface area contributed by atoms with Gasteiger partial charge in [0, 0.05) is 38.3 Å². The van der Waals surface area contributed by atoms with Crippen LogP contribution in [0.1, 0.15) is 19.3 Å². The summed E-state index contributed by atoms with van der Waals surface area (Å²) < 4.78 is 32.0. The van der Waals surface area contributed by atoms with Crippen LogP contribution < -0.4 is 9.64 Å². The van der Waals surface area contributed by atoms with Gasteiger partial charge in [-0.25, -0.2) is 8.78 Å². The van der Waals surface area contributed by atoms with Gasteiger partial charge in [0.05, 0.1) is 6.61 Å². The fourth-order valence-electron chi connectivity index (χ4n) is 3.20. The van der Waals surface area contributed by atoms with E-state index in [1.54, 1.807) is 30.3 Å². The third-order valence-electron chi connectivity index (χ3n) is 4.67. The summed E-state index contributed by atoms with van der Waals surface area (Å²) >= 11 is 0. The summed E-state index contributed by atoms with van der Waals surface area (Å²) in [6, 6.07) is 12.7. The number of hydrogen-bond donors (Lipinski definition) is 0. The minimum atomic E-state index is -0.391. The molecule has 0 bridgehead atoms. The molecule has 0 unspecified atom stereocenters. The van der Waals surface area contributed by atoms with Crippen LogP contribution in [0.3, 0.4) is 0 Å². The van der Waals surface area contributed by atoms with Crippen LogP contribution in [0.25, 0.3) is 0 Å². The van der Waals surface area contributed by atoms with Gasteiger partial charge in [-0.15, -0.1) is 0 Å². The maximum Gasteiger partial charge on any atom is 0.222 e. The van der Waals surface area contributed by atoms with Crippen molar-refractivity contribution in [2.24, 2.45) is 0 Å². The van der Waals surface area contributed by atoms with Gasteiger partial charge in [0.15, 0.2) is 11.6 Å². The largest absolute Gasteiger partial charge is 0.491 e. The van der Waals surface area contributed by atoms with Crippen LogP contribution in [0.4, 0.5) is 14.5 Å². The van der Waals surface area contributed by atoms with Gasteiger partial charge in [0.1, 0.15) is 5.82 Å². The first kappa shape index (κ1) is 19.1. The molecule has 2 aromatic rings. The Morgan fingerprint density at radius 2 is 1.74 bits per heavy atom. The smallest absolute Gasteiger partial charge is 0.222 e. The molecule has 3 rings (SSSR count). The zero-order valence-electron chi connectivity index (χ0n) is 15.2. The molecule has 1 aliphatic heterocycles. The van der Waals surface area contributed by atoms with Gasteiger partial charge in [-0.2, -0.15) is 0 Å². The fourth-order valence-corrected chi connectivity index (χ4v) is 3.20. The number of carbonyl (C=O) groups is 1. The van der Waals surface area contributed by atoms with E-state index in [0.29, 0.717) is 32.5 Å². The lowest BCUT2D eigenvalue weighted by molar-refractivity contribution is -0.131. The average molecular weight is 374 g/mol. The van der Waals surface area contributed by atoms with E-state index in [-0.39, 0.29) is 17.5 Å². The van der Waals surface area contributed by atoms with E-state index in [2.05, 4.69) is 4.90 Å². The minimum Gasteiger partial charge on any atom is -0.491 e. The summed E-state index contributed by atoms with van der Waals surface area (Å²) in [5, 5.41) is 0. The molecule has 0 atom stereocenters. The minimum absolute atomic E-state index is 0.0908. The highest BCUT2D eigenvalue weighted by atomic mass is 19.1. The Morgan fingerprint density at radius 1 is 0.963 bits per heavy atom. The maximum absolute atomic E-state index is 13.5. The lowest BCUT2D eigenvalue weighted by Gasteiger charge is -2.23. The van der Waals surface area contributed by atoms with Gasteiger partial charge < -0.3 is 14.5 Å². The molecule has 1 saturated heterocycles. The first-order valence-electron chi connectivity index (χ1n) is 9.29. The monoisotopic (exact) mass is 374 g/mol. The number of para-hydroxylation sites is 1. The number of rotatable bonds is 6. The average Bonchev–Trinajstić information content (AvgIpc) is 2.93. The van der Waals surface area contributed by atoms with E-state index in [1.807, 2.05) is 4.90 Å². The van der Waals surface area contributed by atoms with Crippen LogP contribution in [0.5, 0.6) is 5.75 Å². The Balaban J connectivity index is 1.42. The van der Waals surface area contributed by atoms with E-state index in [9.17, 15) is 13.6 Å². The number of carbonyl (C=O) groups excluding carboxylic acids is 1. The molecular formula is C21H24F2N2O2. The summed E-state index contributed by atoms with van der Waals surface area (Å²) in [6.45, 7) is 3.23. The van der Waals surface area contributed by atoms with Crippen LogP contribution in [0.2, 0.25) is 0 Å². The highest BCUT2D eigenvalue weighted by Gasteiger charge is 2.19. The van der Waals surface area contributed by atoms with Gasteiger partial charge in [-0.3, -0.25) is 4.79 Å². The number of ether oxygens (including phenoxy) is 1. The van der Waals surface area contributed by atoms with Gasteiger partial charge >= 0.3 is 0 Å². The topological polar surface area (TPSA) is 32.8 Å². The third kappa shape index (κ3) is 5.42. The van der Waals surface area contributed by atoms with E-state index in [4.69, 9.17) is 4.74 Å². The SMILES string of the molecule is O=C(CCCOc1ccccc1F)N1CCCN(c2ccc(F)cc2)CC1. The molecule has 1 heterocycles. The van der Waals surface area contributed by atoms with Crippen LogP contribution in [-0.4, -0.2) is 43.6 Å². The molecule has 4 nitrogen and oxygen atoms in total. The van der Waals surface area contributed by atoms with Crippen molar-refractivity contribution in [3.63, 3.8) is 0 Å². The molecule has 0 spiro atoms. The van der Waals surface area contributed by atoms with E-state index in [1.165, 1.54) is 18.2 Å². The number of benzene rings is 2. The van der Waals surface area contributed by atoms with E-state index in [0.717, 1.165) is 25.2 Å². The molecule has 0 radical (unpaired) electrons. The van der Waals surface area contributed by atoms with Crippen molar-refractivity contribution in [1.82, 2.24) is 4.90 Å². The zero-order valence-corrected chi connectivity index (χ0v) is 15.2. The molecule has 27 heavy (non-hydrogen) atoms. The molecule has 1 aliphatic rings.